The molecule has 0 amide bonds. The van der Waals surface area contributed by atoms with Gasteiger partial charge in [-0.2, -0.15) is 0 Å². The summed E-state index contributed by atoms with van der Waals surface area (Å²) < 4.78 is 0. The van der Waals surface area contributed by atoms with Crippen molar-refractivity contribution >= 4 is 12.2 Å². The second-order valence-corrected chi connectivity index (χ2v) is 4.19. The fourth-order valence-electron chi connectivity index (χ4n) is 1.63. The Kier molecular flexibility index (Phi) is 3.73. The molecular formula is C16H17N. The number of rotatable bonds is 3. The monoisotopic (exact) mass is 223 g/mol. The van der Waals surface area contributed by atoms with Gasteiger partial charge in [-0.25, -0.2) is 0 Å². The molecule has 0 radical (unpaired) electrons. The van der Waals surface area contributed by atoms with E-state index in [-0.39, 0.29) is 0 Å². The van der Waals surface area contributed by atoms with Gasteiger partial charge in [0.25, 0.3) is 0 Å². The molecule has 0 spiro atoms. The molecule has 2 N–H and O–H groups in total. The maximum absolute atomic E-state index is 5.56. The maximum Gasteiger partial charge on any atom is 0.0178 e. The van der Waals surface area contributed by atoms with E-state index in [2.05, 4.69) is 67.6 Å². The summed E-state index contributed by atoms with van der Waals surface area (Å²) in [5, 5.41) is 0. The van der Waals surface area contributed by atoms with E-state index < -0.39 is 0 Å². The van der Waals surface area contributed by atoms with Crippen LogP contribution in [0.4, 0.5) is 0 Å². The summed E-state index contributed by atoms with van der Waals surface area (Å²) in [6.07, 6.45) is 4.24. The van der Waals surface area contributed by atoms with Gasteiger partial charge in [-0.3, -0.25) is 0 Å². The molecule has 0 bridgehead atoms. The number of aryl methyl sites for hydroxylation is 1. The predicted octanol–water partition coefficient (Wildman–Crippen LogP) is 3.62. The van der Waals surface area contributed by atoms with Crippen LogP contribution in [0.2, 0.25) is 0 Å². The summed E-state index contributed by atoms with van der Waals surface area (Å²) in [5.41, 5.74) is 10.4. The van der Waals surface area contributed by atoms with Gasteiger partial charge in [-0.05, 0) is 23.6 Å². The second kappa shape index (κ2) is 5.46. The molecular weight excluding hydrogens is 206 g/mol. The van der Waals surface area contributed by atoms with Gasteiger partial charge in [0.05, 0.1) is 0 Å². The van der Waals surface area contributed by atoms with Crippen LogP contribution in [0.25, 0.3) is 12.2 Å². The molecule has 0 aromatic heterocycles. The fraction of sp³-hybridized carbons (Fsp3) is 0.125. The standard InChI is InChI=1S/C16H17N/c1-13-2-4-14(5-3-13)6-7-15-8-10-16(12-17)11-9-15/h2-11H,12,17H2,1H3. The molecule has 0 atom stereocenters. The number of hydrogen-bond donors (Lipinski definition) is 1. The first-order chi connectivity index (χ1) is 8.28. The van der Waals surface area contributed by atoms with Gasteiger partial charge in [-0.15, -0.1) is 0 Å². The van der Waals surface area contributed by atoms with Crippen molar-refractivity contribution < 1.29 is 0 Å². The molecule has 1 nitrogen and oxygen atoms in total. The zero-order valence-corrected chi connectivity index (χ0v) is 10.1. The SMILES string of the molecule is Cc1ccc(C=Cc2ccc(CN)cc2)cc1. The van der Waals surface area contributed by atoms with Crippen LogP contribution in [0.15, 0.2) is 48.5 Å². The topological polar surface area (TPSA) is 26.0 Å². The lowest BCUT2D eigenvalue weighted by molar-refractivity contribution is 1.07. The van der Waals surface area contributed by atoms with Gasteiger partial charge in [0.1, 0.15) is 0 Å². The lowest BCUT2D eigenvalue weighted by Gasteiger charge is -1.98. The van der Waals surface area contributed by atoms with E-state index in [0.717, 1.165) is 5.56 Å². The van der Waals surface area contributed by atoms with Crippen LogP contribution in [0.3, 0.4) is 0 Å². The number of hydrogen-bond acceptors (Lipinski definition) is 1. The van der Waals surface area contributed by atoms with Gasteiger partial charge < -0.3 is 5.73 Å². The normalized spacial score (nSPS) is 10.9. The Morgan fingerprint density at radius 2 is 1.29 bits per heavy atom. The summed E-state index contributed by atoms with van der Waals surface area (Å²) in [7, 11) is 0. The summed E-state index contributed by atoms with van der Waals surface area (Å²) in [5.74, 6) is 0. The van der Waals surface area contributed by atoms with Crippen LogP contribution < -0.4 is 5.73 Å². The molecule has 0 saturated heterocycles. The highest BCUT2D eigenvalue weighted by Gasteiger charge is 1.90. The van der Waals surface area contributed by atoms with Crippen LogP contribution in [0, 0.1) is 6.92 Å². The molecule has 2 rings (SSSR count). The van der Waals surface area contributed by atoms with E-state index >= 15 is 0 Å². The van der Waals surface area contributed by atoms with E-state index in [4.69, 9.17) is 5.73 Å². The van der Waals surface area contributed by atoms with Crippen LogP contribution >= 0.6 is 0 Å². The predicted molar refractivity (Wildman–Crippen MR) is 74.4 cm³/mol. The highest BCUT2D eigenvalue weighted by Crippen LogP contribution is 2.10. The molecule has 2 aromatic rings. The first-order valence-corrected chi connectivity index (χ1v) is 5.82. The Hall–Kier alpha value is -1.86. The second-order valence-electron chi connectivity index (χ2n) is 4.19. The van der Waals surface area contributed by atoms with Gasteiger partial charge in [-0.1, -0.05) is 66.2 Å². The minimum absolute atomic E-state index is 0.599. The highest BCUT2D eigenvalue weighted by molar-refractivity contribution is 5.69. The van der Waals surface area contributed by atoms with E-state index in [1.54, 1.807) is 0 Å². The molecule has 2 aromatic carbocycles. The molecule has 0 aliphatic carbocycles. The van der Waals surface area contributed by atoms with Gasteiger partial charge in [0.2, 0.25) is 0 Å². The molecule has 0 unspecified atom stereocenters. The van der Waals surface area contributed by atoms with E-state index in [0.29, 0.717) is 6.54 Å². The Labute approximate surface area is 103 Å². The van der Waals surface area contributed by atoms with Gasteiger partial charge in [0.15, 0.2) is 0 Å². The fourth-order valence-corrected chi connectivity index (χ4v) is 1.63. The highest BCUT2D eigenvalue weighted by atomic mass is 14.5. The molecule has 0 heterocycles. The minimum Gasteiger partial charge on any atom is -0.326 e. The van der Waals surface area contributed by atoms with Crippen LogP contribution in [-0.2, 0) is 6.54 Å². The average molecular weight is 223 g/mol. The lowest BCUT2D eigenvalue weighted by atomic mass is 10.1. The van der Waals surface area contributed by atoms with Crippen molar-refractivity contribution in [3.63, 3.8) is 0 Å². The van der Waals surface area contributed by atoms with Crippen molar-refractivity contribution in [2.45, 2.75) is 13.5 Å². The van der Waals surface area contributed by atoms with E-state index in [1.165, 1.54) is 16.7 Å². The van der Waals surface area contributed by atoms with Crippen LogP contribution in [0.5, 0.6) is 0 Å². The Morgan fingerprint density at radius 1 is 0.824 bits per heavy atom. The third-order valence-electron chi connectivity index (χ3n) is 2.76. The van der Waals surface area contributed by atoms with Crippen molar-refractivity contribution in [3.8, 4) is 0 Å². The molecule has 0 saturated carbocycles. The quantitative estimate of drug-likeness (QED) is 0.790. The largest absolute Gasteiger partial charge is 0.326 e. The molecule has 0 aliphatic rings. The zero-order valence-electron chi connectivity index (χ0n) is 10.1. The van der Waals surface area contributed by atoms with Gasteiger partial charge in [0, 0.05) is 6.54 Å². The molecule has 17 heavy (non-hydrogen) atoms. The third kappa shape index (κ3) is 3.30. The van der Waals surface area contributed by atoms with Gasteiger partial charge >= 0.3 is 0 Å². The summed E-state index contributed by atoms with van der Waals surface area (Å²) in [6, 6.07) is 16.8. The van der Waals surface area contributed by atoms with E-state index in [9.17, 15) is 0 Å². The summed E-state index contributed by atoms with van der Waals surface area (Å²) >= 11 is 0. The van der Waals surface area contributed by atoms with Crippen LogP contribution in [-0.4, -0.2) is 0 Å². The summed E-state index contributed by atoms with van der Waals surface area (Å²) in [4.78, 5) is 0. The zero-order chi connectivity index (χ0) is 12.1. The molecule has 86 valence electrons. The molecule has 1 heteroatoms. The number of benzene rings is 2. The first kappa shape index (κ1) is 11.6. The Morgan fingerprint density at radius 3 is 1.76 bits per heavy atom. The lowest BCUT2D eigenvalue weighted by Crippen LogP contribution is -1.94. The van der Waals surface area contributed by atoms with Crippen molar-refractivity contribution in [2.24, 2.45) is 5.73 Å². The number of nitrogens with two attached hydrogens (primary N) is 1. The summed E-state index contributed by atoms with van der Waals surface area (Å²) in [6.45, 7) is 2.70. The Balaban J connectivity index is 2.11. The molecule has 0 fully saturated rings. The smallest absolute Gasteiger partial charge is 0.0178 e. The van der Waals surface area contributed by atoms with Crippen molar-refractivity contribution in [2.75, 3.05) is 0 Å². The van der Waals surface area contributed by atoms with Crippen molar-refractivity contribution in [3.05, 3.63) is 70.8 Å². The average Bonchev–Trinajstić information content (AvgIpc) is 2.39. The van der Waals surface area contributed by atoms with E-state index in [1.807, 2.05) is 0 Å². The van der Waals surface area contributed by atoms with Crippen LogP contribution in [0.1, 0.15) is 22.3 Å². The van der Waals surface area contributed by atoms with Crippen molar-refractivity contribution in [1.29, 1.82) is 0 Å². The first-order valence-electron chi connectivity index (χ1n) is 5.82. The Bertz CT molecular complexity index is 492. The molecule has 0 aliphatic heterocycles. The maximum atomic E-state index is 5.56. The van der Waals surface area contributed by atoms with Crippen molar-refractivity contribution in [1.82, 2.24) is 0 Å². The minimum atomic E-state index is 0.599. The third-order valence-corrected chi connectivity index (χ3v) is 2.76.